The Balaban J connectivity index is 1.61. The molecule has 0 saturated carbocycles. The van der Waals surface area contributed by atoms with Gasteiger partial charge >= 0.3 is 6.01 Å². The van der Waals surface area contributed by atoms with Gasteiger partial charge in [0, 0.05) is 54.4 Å². The number of anilines is 1. The number of benzene rings is 2. The molecule has 5 rings (SSSR count). The number of carbonyl (C=O) groups is 1. The van der Waals surface area contributed by atoms with Crippen LogP contribution in [0.2, 0.25) is 5.02 Å². The second kappa shape index (κ2) is 11.7. The van der Waals surface area contributed by atoms with E-state index in [0.29, 0.717) is 25.3 Å². The molecular formula is C30H28ClF2N5O3. The van der Waals surface area contributed by atoms with Gasteiger partial charge in [-0.05, 0) is 50.3 Å². The summed E-state index contributed by atoms with van der Waals surface area (Å²) < 4.78 is 36.9. The number of rotatable bonds is 7. The zero-order valence-electron chi connectivity index (χ0n) is 22.5. The molecule has 0 aliphatic carbocycles. The van der Waals surface area contributed by atoms with E-state index in [1.54, 1.807) is 11.1 Å². The molecule has 0 radical (unpaired) electrons. The Morgan fingerprint density at radius 1 is 1.15 bits per heavy atom. The number of pyridine rings is 1. The summed E-state index contributed by atoms with van der Waals surface area (Å²) in [7, 11) is 0. The minimum absolute atomic E-state index is 0.0849. The number of ether oxygens (including phenoxy) is 1. The molecule has 2 atom stereocenters. The van der Waals surface area contributed by atoms with Crippen molar-refractivity contribution in [1.29, 1.82) is 0 Å². The molecule has 41 heavy (non-hydrogen) atoms. The number of phenols is 1. The van der Waals surface area contributed by atoms with Gasteiger partial charge in [0.25, 0.3) is 0 Å². The van der Waals surface area contributed by atoms with Crippen molar-refractivity contribution in [3.05, 3.63) is 83.7 Å². The van der Waals surface area contributed by atoms with Crippen molar-refractivity contribution in [3.63, 3.8) is 0 Å². The van der Waals surface area contributed by atoms with Crippen LogP contribution in [0.4, 0.5) is 14.6 Å². The minimum Gasteiger partial charge on any atom is -0.507 e. The van der Waals surface area contributed by atoms with E-state index in [9.17, 15) is 14.3 Å². The van der Waals surface area contributed by atoms with Crippen LogP contribution in [0.15, 0.2) is 61.3 Å². The van der Waals surface area contributed by atoms with Crippen LogP contribution >= 0.6 is 11.6 Å². The summed E-state index contributed by atoms with van der Waals surface area (Å²) in [5, 5.41) is 10.5. The number of nitrogens with zero attached hydrogens (tertiary/aromatic N) is 5. The van der Waals surface area contributed by atoms with Crippen molar-refractivity contribution in [2.75, 3.05) is 24.6 Å². The van der Waals surface area contributed by atoms with E-state index >= 15 is 4.39 Å². The zero-order chi connectivity index (χ0) is 29.3. The van der Waals surface area contributed by atoms with Crippen LogP contribution in [0.5, 0.6) is 11.8 Å². The van der Waals surface area contributed by atoms with Crippen molar-refractivity contribution < 1.29 is 23.4 Å². The molecule has 1 saturated heterocycles. The van der Waals surface area contributed by atoms with Gasteiger partial charge in [0.05, 0.1) is 17.2 Å². The van der Waals surface area contributed by atoms with E-state index in [-0.39, 0.29) is 57.7 Å². The molecule has 4 aromatic rings. The third-order valence-corrected chi connectivity index (χ3v) is 7.35. The number of aromatic nitrogens is 3. The molecule has 0 unspecified atom stereocenters. The van der Waals surface area contributed by atoms with Crippen LogP contribution in [0, 0.1) is 11.6 Å². The number of piperazine rings is 1. The number of fused-ring (bicyclic) bond motifs is 1. The normalized spacial score (nSPS) is 17.1. The molecule has 1 N–H and O–H groups in total. The first kappa shape index (κ1) is 28.2. The predicted molar refractivity (Wildman–Crippen MR) is 153 cm³/mol. The Morgan fingerprint density at radius 3 is 2.56 bits per heavy atom. The van der Waals surface area contributed by atoms with Gasteiger partial charge in [-0.1, -0.05) is 30.3 Å². The molecule has 212 valence electrons. The van der Waals surface area contributed by atoms with Crippen LogP contribution in [0.1, 0.15) is 19.5 Å². The number of halogens is 3. The van der Waals surface area contributed by atoms with Gasteiger partial charge < -0.3 is 19.6 Å². The monoisotopic (exact) mass is 579 g/mol. The first-order chi connectivity index (χ1) is 19.7. The highest BCUT2D eigenvalue weighted by Crippen LogP contribution is 2.43. The van der Waals surface area contributed by atoms with Crippen molar-refractivity contribution in [1.82, 2.24) is 19.9 Å². The summed E-state index contributed by atoms with van der Waals surface area (Å²) in [4.78, 5) is 29.4. The van der Waals surface area contributed by atoms with E-state index in [4.69, 9.17) is 16.3 Å². The Morgan fingerprint density at radius 2 is 1.90 bits per heavy atom. The van der Waals surface area contributed by atoms with Gasteiger partial charge in [0.15, 0.2) is 5.82 Å². The lowest BCUT2D eigenvalue weighted by Crippen LogP contribution is -2.58. The van der Waals surface area contributed by atoms with Crippen LogP contribution in [-0.2, 0) is 11.2 Å². The van der Waals surface area contributed by atoms with Gasteiger partial charge in [0.1, 0.15) is 22.9 Å². The van der Waals surface area contributed by atoms with E-state index in [1.807, 2.05) is 36.9 Å². The maximum atomic E-state index is 16.3. The molecule has 0 bridgehead atoms. The highest BCUT2D eigenvalue weighted by Gasteiger charge is 2.34. The average Bonchev–Trinajstić information content (AvgIpc) is 2.94. The lowest BCUT2D eigenvalue weighted by Gasteiger charge is -2.44. The number of aromatic hydroxyl groups is 1. The summed E-state index contributed by atoms with van der Waals surface area (Å²) >= 11 is 6.54. The summed E-state index contributed by atoms with van der Waals surface area (Å²) in [6.45, 7) is 8.36. The second-order valence-electron chi connectivity index (χ2n) is 9.88. The topological polar surface area (TPSA) is 91.7 Å². The number of hydrogen-bond donors (Lipinski definition) is 1. The van der Waals surface area contributed by atoms with Crippen LogP contribution < -0.4 is 9.64 Å². The lowest BCUT2D eigenvalue weighted by atomic mass is 10.0. The third kappa shape index (κ3) is 5.52. The van der Waals surface area contributed by atoms with Gasteiger partial charge in [-0.25, -0.2) is 8.78 Å². The summed E-state index contributed by atoms with van der Waals surface area (Å²) in [6.07, 6.45) is 3.42. The van der Waals surface area contributed by atoms with E-state index < -0.39 is 17.4 Å². The van der Waals surface area contributed by atoms with E-state index in [1.165, 1.54) is 24.3 Å². The Kier molecular flexibility index (Phi) is 8.03. The first-order valence-corrected chi connectivity index (χ1v) is 13.5. The molecule has 3 heterocycles. The number of amides is 1. The molecule has 1 fully saturated rings. The number of hydrogen-bond acceptors (Lipinski definition) is 7. The number of phenolic OH excluding ortho intramolecular Hbond substituents is 1. The fourth-order valence-corrected chi connectivity index (χ4v) is 5.57. The second-order valence-corrected chi connectivity index (χ2v) is 10.3. The Hall–Kier alpha value is -4.31. The summed E-state index contributed by atoms with van der Waals surface area (Å²) in [5.41, 5.74) is -0.0281. The standard InChI is InChI=1S/C30H28ClF2N5O3/c1-4-24(40)38-17(2)15-37(16-18(38)3)29-20-14-21(31)25(26-22(32)9-7-10-23(26)39)27(33)28(20)35-30(36-29)41-13-11-19-8-5-6-12-34-19/h4-10,12,14,17-18,39H,1,11,13,15-16H2,2-3H3/t17-,18+. The van der Waals surface area contributed by atoms with Gasteiger partial charge in [0.2, 0.25) is 5.91 Å². The maximum Gasteiger partial charge on any atom is 0.319 e. The van der Waals surface area contributed by atoms with Crippen molar-refractivity contribution in [3.8, 4) is 22.9 Å². The summed E-state index contributed by atoms with van der Waals surface area (Å²) in [5.74, 6) is -2.04. The number of carbonyl (C=O) groups excluding carboxylic acids is 1. The molecule has 1 amide bonds. The average molecular weight is 580 g/mol. The minimum atomic E-state index is -0.923. The molecule has 11 heteroatoms. The lowest BCUT2D eigenvalue weighted by molar-refractivity contribution is -0.130. The molecule has 0 spiro atoms. The Labute approximate surface area is 240 Å². The van der Waals surface area contributed by atoms with E-state index in [0.717, 1.165) is 11.8 Å². The summed E-state index contributed by atoms with van der Waals surface area (Å²) in [6, 6.07) is 10.2. The van der Waals surface area contributed by atoms with Crippen molar-refractivity contribution in [2.45, 2.75) is 32.4 Å². The Bertz CT molecular complexity index is 1590. The maximum absolute atomic E-state index is 16.3. The fraction of sp³-hybridized carbons (Fsp3) is 0.267. The van der Waals surface area contributed by atoms with Crippen molar-refractivity contribution in [2.24, 2.45) is 0 Å². The molecular weight excluding hydrogens is 552 g/mol. The molecule has 1 aliphatic heterocycles. The molecule has 2 aromatic heterocycles. The van der Waals surface area contributed by atoms with Crippen LogP contribution in [0.3, 0.4) is 0 Å². The van der Waals surface area contributed by atoms with Gasteiger partial charge in [-0.2, -0.15) is 9.97 Å². The van der Waals surface area contributed by atoms with E-state index in [2.05, 4.69) is 21.5 Å². The smallest absolute Gasteiger partial charge is 0.319 e. The highest BCUT2D eigenvalue weighted by atomic mass is 35.5. The molecule has 8 nitrogen and oxygen atoms in total. The van der Waals surface area contributed by atoms with Crippen LogP contribution in [-0.4, -0.2) is 62.6 Å². The van der Waals surface area contributed by atoms with Gasteiger partial charge in [-0.3, -0.25) is 9.78 Å². The fourth-order valence-electron chi connectivity index (χ4n) is 5.28. The molecule has 2 aromatic carbocycles. The largest absolute Gasteiger partial charge is 0.507 e. The molecule has 1 aliphatic rings. The quantitative estimate of drug-likeness (QED) is 0.287. The van der Waals surface area contributed by atoms with Crippen molar-refractivity contribution >= 4 is 34.2 Å². The van der Waals surface area contributed by atoms with Gasteiger partial charge in [-0.15, -0.1) is 0 Å². The first-order valence-electron chi connectivity index (χ1n) is 13.1. The van der Waals surface area contributed by atoms with Crippen LogP contribution in [0.25, 0.3) is 22.0 Å². The predicted octanol–water partition coefficient (Wildman–Crippen LogP) is 5.56. The zero-order valence-corrected chi connectivity index (χ0v) is 23.3. The SMILES string of the molecule is C=CC(=O)N1[C@H](C)CN(c2nc(OCCc3ccccn3)nc3c(F)c(-c4c(O)cccc4F)c(Cl)cc23)C[C@@H]1C. The highest BCUT2D eigenvalue weighted by molar-refractivity contribution is 6.34. The third-order valence-electron chi connectivity index (χ3n) is 7.05.